The van der Waals surface area contributed by atoms with Crippen molar-refractivity contribution in [2.75, 3.05) is 12.0 Å². The Morgan fingerprint density at radius 2 is 1.75 bits per heavy atom. The van der Waals surface area contributed by atoms with Crippen LogP contribution in [0.3, 0.4) is 0 Å². The molecule has 1 saturated heterocycles. The van der Waals surface area contributed by atoms with E-state index in [1.165, 1.54) is 19.3 Å². The highest BCUT2D eigenvalue weighted by atomic mass is 79.9. The quantitative estimate of drug-likeness (QED) is 0.292. The van der Waals surface area contributed by atoms with Crippen LogP contribution in [0.25, 0.3) is 6.08 Å². The van der Waals surface area contributed by atoms with E-state index >= 15 is 0 Å². The summed E-state index contributed by atoms with van der Waals surface area (Å²) in [6.07, 6.45) is 1.39. The van der Waals surface area contributed by atoms with Crippen LogP contribution >= 0.6 is 27.5 Å². The van der Waals surface area contributed by atoms with Gasteiger partial charge in [0.2, 0.25) is 0 Å². The summed E-state index contributed by atoms with van der Waals surface area (Å²) in [5, 5.41) is 2.55. The van der Waals surface area contributed by atoms with Crippen molar-refractivity contribution in [1.29, 1.82) is 0 Å². The molecule has 4 rings (SSSR count). The maximum Gasteiger partial charge on any atom is 0.335 e. The Morgan fingerprint density at radius 1 is 1.03 bits per heavy atom. The lowest BCUT2D eigenvalue weighted by Crippen LogP contribution is -2.54. The number of benzene rings is 3. The van der Waals surface area contributed by atoms with Gasteiger partial charge >= 0.3 is 6.03 Å². The summed E-state index contributed by atoms with van der Waals surface area (Å²) >= 11 is 9.52. The van der Waals surface area contributed by atoms with E-state index in [0.717, 1.165) is 21.6 Å². The average Bonchev–Trinajstić information content (AvgIpc) is 2.80. The minimum Gasteiger partial charge on any atom is -0.493 e. The van der Waals surface area contributed by atoms with Gasteiger partial charge in [0.1, 0.15) is 12.2 Å². The predicted molar refractivity (Wildman–Crippen MR) is 141 cm³/mol. The number of barbiturate groups is 1. The number of carbonyl (C=O) groups is 3. The molecule has 4 amide bonds. The molecule has 184 valence electrons. The Labute approximate surface area is 221 Å². The fourth-order valence-corrected chi connectivity index (χ4v) is 4.70. The molecule has 0 spiro atoms. The van der Waals surface area contributed by atoms with E-state index in [9.17, 15) is 14.4 Å². The molecule has 9 heteroatoms. The molecule has 0 saturated carbocycles. The summed E-state index contributed by atoms with van der Waals surface area (Å²) in [7, 11) is 1.50. The van der Waals surface area contributed by atoms with Gasteiger partial charge in [-0.05, 0) is 77.3 Å². The second kappa shape index (κ2) is 10.6. The Hall–Kier alpha value is -3.62. The van der Waals surface area contributed by atoms with Gasteiger partial charge in [-0.3, -0.25) is 14.9 Å². The van der Waals surface area contributed by atoms with Crippen LogP contribution in [-0.2, 0) is 16.2 Å². The summed E-state index contributed by atoms with van der Waals surface area (Å²) in [4.78, 5) is 39.0. The standard InChI is InChI=1S/C27H22BrClN2O5/c1-15-7-16(2)9-18(8-15)14-36-24-22(28)11-17(12-23(24)35-3)10-21-25(32)30-27(34)31(26(21)33)20-6-4-5-19(29)13-20/h4-13H,14H2,1-3H3,(H,30,32,34)/b21-10+. The number of aryl methyl sites for hydroxylation is 2. The van der Waals surface area contributed by atoms with Crippen molar-refractivity contribution >= 4 is 57.1 Å². The number of hydrogen-bond donors (Lipinski definition) is 1. The van der Waals surface area contributed by atoms with Crippen LogP contribution in [0, 0.1) is 13.8 Å². The zero-order chi connectivity index (χ0) is 26.0. The Bertz CT molecular complexity index is 1400. The molecule has 1 fully saturated rings. The molecule has 3 aromatic rings. The summed E-state index contributed by atoms with van der Waals surface area (Å²) < 4.78 is 12.1. The number of ether oxygens (including phenoxy) is 2. The second-order valence-electron chi connectivity index (χ2n) is 8.26. The van der Waals surface area contributed by atoms with Gasteiger partial charge in [0.05, 0.1) is 17.3 Å². The lowest BCUT2D eigenvalue weighted by Gasteiger charge is -2.26. The Morgan fingerprint density at radius 3 is 2.42 bits per heavy atom. The largest absolute Gasteiger partial charge is 0.493 e. The molecular formula is C27H22BrClN2O5. The molecule has 1 aliphatic heterocycles. The maximum atomic E-state index is 13.1. The monoisotopic (exact) mass is 568 g/mol. The molecule has 36 heavy (non-hydrogen) atoms. The molecule has 0 radical (unpaired) electrons. The number of imide groups is 2. The van der Waals surface area contributed by atoms with Crippen molar-refractivity contribution in [2.45, 2.75) is 20.5 Å². The number of anilines is 1. The molecule has 3 aromatic carbocycles. The number of amides is 4. The van der Waals surface area contributed by atoms with Crippen molar-refractivity contribution in [3.8, 4) is 11.5 Å². The minimum absolute atomic E-state index is 0.215. The number of hydrogen-bond acceptors (Lipinski definition) is 5. The van der Waals surface area contributed by atoms with E-state index in [2.05, 4.69) is 27.3 Å². The zero-order valence-corrected chi connectivity index (χ0v) is 22.1. The van der Waals surface area contributed by atoms with Gasteiger partial charge in [-0.1, -0.05) is 47.0 Å². The molecule has 0 bridgehead atoms. The number of carbonyl (C=O) groups excluding carboxylic acids is 3. The van der Waals surface area contributed by atoms with E-state index < -0.39 is 17.8 Å². The number of urea groups is 1. The van der Waals surface area contributed by atoms with Crippen molar-refractivity contribution < 1.29 is 23.9 Å². The van der Waals surface area contributed by atoms with Crippen LogP contribution in [0.15, 0.2) is 64.6 Å². The third kappa shape index (κ3) is 5.45. The van der Waals surface area contributed by atoms with Crippen LogP contribution in [0.5, 0.6) is 11.5 Å². The SMILES string of the molecule is COc1cc(/C=C2\C(=O)NC(=O)N(c3cccc(Cl)c3)C2=O)cc(Br)c1OCc1cc(C)cc(C)c1. The van der Waals surface area contributed by atoms with Gasteiger partial charge in [-0.2, -0.15) is 0 Å². The van der Waals surface area contributed by atoms with Crippen molar-refractivity contribution in [1.82, 2.24) is 5.32 Å². The van der Waals surface area contributed by atoms with E-state index in [4.69, 9.17) is 21.1 Å². The summed E-state index contributed by atoms with van der Waals surface area (Å²) in [5.41, 5.74) is 3.83. The fourth-order valence-electron chi connectivity index (χ4n) is 3.94. The van der Waals surface area contributed by atoms with Crippen LogP contribution in [-0.4, -0.2) is 25.0 Å². The smallest absolute Gasteiger partial charge is 0.335 e. The summed E-state index contributed by atoms with van der Waals surface area (Å²) in [6.45, 7) is 4.38. The molecule has 1 N–H and O–H groups in total. The van der Waals surface area contributed by atoms with Gasteiger partial charge in [-0.25, -0.2) is 9.69 Å². The number of nitrogens with zero attached hydrogens (tertiary/aromatic N) is 1. The highest BCUT2D eigenvalue weighted by molar-refractivity contribution is 9.10. The first-order valence-electron chi connectivity index (χ1n) is 10.9. The first-order valence-corrected chi connectivity index (χ1v) is 12.1. The number of methoxy groups -OCH3 is 1. The first kappa shape index (κ1) is 25.5. The molecule has 0 atom stereocenters. The normalized spacial score (nSPS) is 14.8. The summed E-state index contributed by atoms with van der Waals surface area (Å²) in [6, 6.07) is 14.9. The molecule has 1 aliphatic rings. The highest BCUT2D eigenvalue weighted by Crippen LogP contribution is 2.38. The lowest BCUT2D eigenvalue weighted by molar-refractivity contribution is -0.122. The van der Waals surface area contributed by atoms with Crippen LogP contribution in [0.4, 0.5) is 10.5 Å². The Kier molecular flexibility index (Phi) is 7.47. The van der Waals surface area contributed by atoms with Gasteiger partial charge in [0.15, 0.2) is 11.5 Å². The number of nitrogens with one attached hydrogen (secondary N) is 1. The molecule has 0 aliphatic carbocycles. The number of rotatable bonds is 6. The molecule has 7 nitrogen and oxygen atoms in total. The zero-order valence-electron chi connectivity index (χ0n) is 19.7. The van der Waals surface area contributed by atoms with Crippen molar-refractivity contribution in [3.63, 3.8) is 0 Å². The highest BCUT2D eigenvalue weighted by Gasteiger charge is 2.37. The van der Waals surface area contributed by atoms with E-state index in [1.807, 2.05) is 26.0 Å². The molecular weight excluding hydrogens is 548 g/mol. The van der Waals surface area contributed by atoms with E-state index in [1.54, 1.807) is 30.3 Å². The average molecular weight is 570 g/mol. The second-order valence-corrected chi connectivity index (χ2v) is 9.55. The minimum atomic E-state index is -0.849. The van der Waals surface area contributed by atoms with Gasteiger partial charge in [0.25, 0.3) is 11.8 Å². The third-order valence-corrected chi connectivity index (χ3v) is 6.22. The van der Waals surface area contributed by atoms with Crippen molar-refractivity contribution in [3.05, 3.63) is 91.9 Å². The van der Waals surface area contributed by atoms with Crippen LogP contribution in [0.2, 0.25) is 5.02 Å². The summed E-state index contributed by atoms with van der Waals surface area (Å²) in [5.74, 6) is -0.675. The van der Waals surface area contributed by atoms with Crippen LogP contribution in [0.1, 0.15) is 22.3 Å². The predicted octanol–water partition coefficient (Wildman–Crippen LogP) is 5.97. The third-order valence-electron chi connectivity index (χ3n) is 5.40. The molecule has 0 aromatic heterocycles. The molecule has 0 unspecified atom stereocenters. The first-order chi connectivity index (χ1) is 17.2. The topological polar surface area (TPSA) is 84.9 Å². The Balaban J connectivity index is 1.64. The van der Waals surface area contributed by atoms with Gasteiger partial charge in [0, 0.05) is 5.02 Å². The van der Waals surface area contributed by atoms with E-state index in [-0.39, 0.29) is 11.3 Å². The van der Waals surface area contributed by atoms with Crippen molar-refractivity contribution in [2.24, 2.45) is 0 Å². The maximum absolute atomic E-state index is 13.1. The van der Waals surface area contributed by atoms with Gasteiger partial charge < -0.3 is 9.47 Å². The fraction of sp³-hybridized carbons (Fsp3) is 0.148. The number of halogens is 2. The van der Waals surface area contributed by atoms with Gasteiger partial charge in [-0.15, -0.1) is 0 Å². The molecule has 1 heterocycles. The lowest BCUT2D eigenvalue weighted by atomic mass is 10.1. The van der Waals surface area contributed by atoms with Crippen LogP contribution < -0.4 is 19.7 Å². The van der Waals surface area contributed by atoms with E-state index in [0.29, 0.717) is 33.2 Å².